The highest BCUT2D eigenvalue weighted by Crippen LogP contribution is 2.16. The molecule has 56 valence electrons. The molecule has 0 aliphatic heterocycles. The highest BCUT2D eigenvalue weighted by molar-refractivity contribution is 14.1. The molecule has 0 fully saturated rings. The van der Waals surface area contributed by atoms with Gasteiger partial charge in [0.15, 0.2) is 5.65 Å². The van der Waals surface area contributed by atoms with Crippen LogP contribution in [0.4, 0.5) is 0 Å². The molecule has 2 rings (SSSR count). The lowest BCUT2D eigenvalue weighted by Gasteiger charge is -1.94. The van der Waals surface area contributed by atoms with E-state index in [4.69, 9.17) is 0 Å². The summed E-state index contributed by atoms with van der Waals surface area (Å²) in [5.74, 6) is 0. The molecule has 0 bridgehead atoms. The molecule has 0 unspecified atom stereocenters. The fraction of sp³-hybridized carbons (Fsp3) is 0. The molecule has 11 heavy (non-hydrogen) atoms. The lowest BCUT2D eigenvalue weighted by Crippen LogP contribution is -1.85. The van der Waals surface area contributed by atoms with Gasteiger partial charge in [0.25, 0.3) is 0 Å². The molecule has 0 aliphatic rings. The van der Waals surface area contributed by atoms with E-state index in [0.717, 1.165) is 13.8 Å². The summed E-state index contributed by atoms with van der Waals surface area (Å²) in [5.41, 5.74) is 1.000. The Balaban J connectivity index is 2.94. The number of hydrogen-bond donors (Lipinski definition) is 0. The van der Waals surface area contributed by atoms with Gasteiger partial charge in [-0.05, 0) is 50.7 Å². The Labute approximate surface area is 85.9 Å². The molecule has 2 heterocycles. The lowest BCUT2D eigenvalue weighted by atomic mass is 10.5. The molecule has 0 saturated heterocycles. The van der Waals surface area contributed by atoms with E-state index in [0.29, 0.717) is 0 Å². The van der Waals surface area contributed by atoms with Crippen molar-refractivity contribution >= 4 is 44.2 Å². The van der Waals surface area contributed by atoms with Crippen molar-refractivity contribution in [3.05, 3.63) is 32.7 Å². The largest absolute Gasteiger partial charge is 0.293 e. The zero-order chi connectivity index (χ0) is 7.84. The van der Waals surface area contributed by atoms with Crippen LogP contribution in [-0.2, 0) is 0 Å². The van der Waals surface area contributed by atoms with Gasteiger partial charge in [-0.2, -0.15) is 0 Å². The lowest BCUT2D eigenvalue weighted by molar-refractivity contribution is 1.15. The third kappa shape index (κ3) is 1.18. The Morgan fingerprint density at radius 1 is 1.55 bits per heavy atom. The van der Waals surface area contributed by atoms with Crippen molar-refractivity contribution < 1.29 is 0 Å². The van der Waals surface area contributed by atoms with Crippen LogP contribution in [0.15, 0.2) is 29.1 Å². The van der Waals surface area contributed by atoms with Gasteiger partial charge in [0, 0.05) is 6.20 Å². The van der Waals surface area contributed by atoms with Gasteiger partial charge in [0.1, 0.15) is 4.60 Å². The maximum Gasteiger partial charge on any atom is 0.151 e. The zero-order valence-electron chi connectivity index (χ0n) is 5.46. The summed E-state index contributed by atoms with van der Waals surface area (Å²) in [6.45, 7) is 0. The van der Waals surface area contributed by atoms with Gasteiger partial charge in [0.05, 0.1) is 9.77 Å². The SMILES string of the molecule is Brc1cnc2c(I)cccn12. The number of nitrogens with zero attached hydrogens (tertiary/aromatic N) is 2. The van der Waals surface area contributed by atoms with E-state index in [1.807, 2.05) is 22.7 Å². The van der Waals surface area contributed by atoms with Gasteiger partial charge >= 0.3 is 0 Å². The zero-order valence-corrected chi connectivity index (χ0v) is 9.20. The number of aromatic nitrogens is 2. The van der Waals surface area contributed by atoms with Crippen molar-refractivity contribution in [2.45, 2.75) is 0 Å². The number of pyridine rings is 1. The molecular weight excluding hydrogens is 319 g/mol. The minimum absolute atomic E-state index is 0.992. The summed E-state index contributed by atoms with van der Waals surface area (Å²) < 4.78 is 4.16. The van der Waals surface area contributed by atoms with Crippen molar-refractivity contribution in [1.82, 2.24) is 9.38 Å². The van der Waals surface area contributed by atoms with Crippen LogP contribution in [0.3, 0.4) is 0 Å². The summed E-state index contributed by atoms with van der Waals surface area (Å²) in [7, 11) is 0. The molecule has 2 aromatic rings. The molecule has 0 amide bonds. The second kappa shape index (κ2) is 2.75. The van der Waals surface area contributed by atoms with Gasteiger partial charge in [0.2, 0.25) is 0 Å². The highest BCUT2D eigenvalue weighted by Gasteiger charge is 2.01. The second-order valence-electron chi connectivity index (χ2n) is 2.13. The maximum absolute atomic E-state index is 4.23. The molecule has 0 atom stereocenters. The predicted octanol–water partition coefficient (Wildman–Crippen LogP) is 2.70. The van der Waals surface area contributed by atoms with Crippen LogP contribution < -0.4 is 0 Å². The molecule has 2 nitrogen and oxygen atoms in total. The van der Waals surface area contributed by atoms with E-state index < -0.39 is 0 Å². The topological polar surface area (TPSA) is 17.3 Å². The molecule has 0 aliphatic carbocycles. The van der Waals surface area contributed by atoms with Crippen LogP contribution in [0.25, 0.3) is 5.65 Å². The van der Waals surface area contributed by atoms with Gasteiger partial charge < -0.3 is 0 Å². The number of rotatable bonds is 0. The Morgan fingerprint density at radius 3 is 3.09 bits per heavy atom. The molecule has 0 N–H and O–H groups in total. The number of halogens is 2. The van der Waals surface area contributed by atoms with Crippen LogP contribution >= 0.6 is 38.5 Å². The standard InChI is InChI=1S/C7H4BrIN2/c8-6-4-10-7-5(9)2-1-3-11(6)7/h1-4H. The fourth-order valence-electron chi connectivity index (χ4n) is 0.947. The molecule has 0 aromatic carbocycles. The van der Waals surface area contributed by atoms with Crippen LogP contribution in [-0.4, -0.2) is 9.38 Å². The van der Waals surface area contributed by atoms with Crippen molar-refractivity contribution in [1.29, 1.82) is 0 Å². The van der Waals surface area contributed by atoms with Crippen LogP contribution in [0.5, 0.6) is 0 Å². The van der Waals surface area contributed by atoms with E-state index in [1.165, 1.54) is 0 Å². The number of fused-ring (bicyclic) bond motifs is 1. The first-order valence-corrected chi connectivity index (χ1v) is 4.93. The Hall–Kier alpha value is -0.100. The van der Waals surface area contributed by atoms with Crippen molar-refractivity contribution in [2.75, 3.05) is 0 Å². The Kier molecular flexibility index (Phi) is 1.88. The first-order chi connectivity index (χ1) is 5.29. The number of hydrogen-bond acceptors (Lipinski definition) is 1. The third-order valence-electron chi connectivity index (χ3n) is 1.44. The average molecular weight is 323 g/mol. The minimum atomic E-state index is 0.992. The van der Waals surface area contributed by atoms with E-state index in [9.17, 15) is 0 Å². The van der Waals surface area contributed by atoms with Crippen molar-refractivity contribution in [3.8, 4) is 0 Å². The Morgan fingerprint density at radius 2 is 2.36 bits per heavy atom. The van der Waals surface area contributed by atoms with Gasteiger partial charge in [-0.3, -0.25) is 4.40 Å². The summed E-state index contributed by atoms with van der Waals surface area (Å²) in [4.78, 5) is 4.23. The van der Waals surface area contributed by atoms with Gasteiger partial charge in [-0.25, -0.2) is 4.98 Å². The van der Waals surface area contributed by atoms with E-state index in [-0.39, 0.29) is 0 Å². The molecule has 0 radical (unpaired) electrons. The van der Waals surface area contributed by atoms with Gasteiger partial charge in [-0.15, -0.1) is 0 Å². The quantitative estimate of drug-likeness (QED) is 0.682. The summed E-state index contributed by atoms with van der Waals surface area (Å²) in [6.07, 6.45) is 3.78. The first-order valence-electron chi connectivity index (χ1n) is 3.06. The van der Waals surface area contributed by atoms with Crippen molar-refractivity contribution in [3.63, 3.8) is 0 Å². The summed E-state index contributed by atoms with van der Waals surface area (Å²) in [5, 5.41) is 0. The Bertz CT molecular complexity index is 396. The average Bonchev–Trinajstić information content (AvgIpc) is 2.35. The maximum atomic E-state index is 4.23. The molecule has 2 aromatic heterocycles. The van der Waals surface area contributed by atoms with Crippen LogP contribution in [0.2, 0.25) is 0 Å². The molecule has 4 heteroatoms. The van der Waals surface area contributed by atoms with E-state index >= 15 is 0 Å². The normalized spacial score (nSPS) is 10.7. The van der Waals surface area contributed by atoms with E-state index in [1.54, 1.807) is 6.20 Å². The fourth-order valence-corrected chi connectivity index (χ4v) is 1.94. The van der Waals surface area contributed by atoms with Crippen LogP contribution in [0.1, 0.15) is 0 Å². The minimum Gasteiger partial charge on any atom is -0.293 e. The molecule has 0 saturated carbocycles. The third-order valence-corrected chi connectivity index (χ3v) is 2.87. The first kappa shape index (κ1) is 7.54. The smallest absolute Gasteiger partial charge is 0.151 e. The second-order valence-corrected chi connectivity index (χ2v) is 4.11. The summed E-state index contributed by atoms with van der Waals surface area (Å²) in [6, 6.07) is 4.04. The molecular formula is C7H4BrIN2. The van der Waals surface area contributed by atoms with Crippen molar-refractivity contribution in [2.24, 2.45) is 0 Å². The monoisotopic (exact) mass is 322 g/mol. The molecule has 0 spiro atoms. The van der Waals surface area contributed by atoms with E-state index in [2.05, 4.69) is 43.5 Å². The summed E-state index contributed by atoms with van der Waals surface area (Å²) >= 11 is 5.67. The van der Waals surface area contributed by atoms with Gasteiger partial charge in [-0.1, -0.05) is 0 Å². The highest BCUT2D eigenvalue weighted by atomic mass is 127. The predicted molar refractivity (Wildman–Crippen MR) is 55.6 cm³/mol. The number of imidazole rings is 1. The van der Waals surface area contributed by atoms with Crippen LogP contribution in [0, 0.1) is 3.57 Å².